The minimum absolute atomic E-state index is 0.0822. The molecule has 2 aliphatic rings. The average molecular weight is 454 g/mol. The maximum Gasteiger partial charge on any atom is 0.416 e. The van der Waals surface area contributed by atoms with Gasteiger partial charge in [0.05, 0.1) is 24.7 Å². The van der Waals surface area contributed by atoms with Crippen molar-refractivity contribution in [2.24, 2.45) is 0 Å². The van der Waals surface area contributed by atoms with Crippen LogP contribution in [0.3, 0.4) is 0 Å². The molecule has 3 heterocycles. The molecular formula is C20H21F3N4O5. The third kappa shape index (κ3) is 4.69. The third-order valence-corrected chi connectivity index (χ3v) is 5.69. The largest absolute Gasteiger partial charge is 0.475 e. The second-order valence-corrected chi connectivity index (χ2v) is 7.80. The highest BCUT2D eigenvalue weighted by Gasteiger charge is 2.37. The molecule has 2 saturated heterocycles. The van der Waals surface area contributed by atoms with Crippen molar-refractivity contribution in [2.75, 3.05) is 39.4 Å². The van der Waals surface area contributed by atoms with Crippen LogP contribution in [-0.4, -0.2) is 76.4 Å². The van der Waals surface area contributed by atoms with E-state index in [0.717, 1.165) is 12.1 Å². The first kappa shape index (κ1) is 22.1. The Balaban J connectivity index is 1.60. The predicted molar refractivity (Wildman–Crippen MR) is 102 cm³/mol. The van der Waals surface area contributed by atoms with Crippen LogP contribution >= 0.6 is 0 Å². The molecule has 0 spiro atoms. The molecule has 0 bridgehead atoms. The van der Waals surface area contributed by atoms with Gasteiger partial charge in [0.2, 0.25) is 5.89 Å². The molecule has 12 heteroatoms. The summed E-state index contributed by atoms with van der Waals surface area (Å²) >= 11 is 0. The zero-order valence-corrected chi connectivity index (χ0v) is 16.9. The van der Waals surface area contributed by atoms with E-state index in [2.05, 4.69) is 10.1 Å². The van der Waals surface area contributed by atoms with Crippen LogP contribution < -0.4 is 0 Å². The summed E-state index contributed by atoms with van der Waals surface area (Å²) in [6.45, 7) is 2.27. The van der Waals surface area contributed by atoms with Gasteiger partial charge in [-0.15, -0.1) is 0 Å². The third-order valence-electron chi connectivity index (χ3n) is 5.69. The lowest BCUT2D eigenvalue weighted by atomic mass is 9.84. The number of benzene rings is 1. The van der Waals surface area contributed by atoms with Crippen LogP contribution in [0, 0.1) is 0 Å². The van der Waals surface area contributed by atoms with Gasteiger partial charge in [0.25, 0.3) is 5.82 Å². The number of hydrogen-bond donors (Lipinski definition) is 1. The van der Waals surface area contributed by atoms with Gasteiger partial charge in [-0.2, -0.15) is 18.2 Å². The Bertz CT molecular complexity index is 972. The summed E-state index contributed by atoms with van der Waals surface area (Å²) in [5, 5.41) is 12.5. The highest BCUT2D eigenvalue weighted by Crippen LogP contribution is 2.37. The van der Waals surface area contributed by atoms with Gasteiger partial charge in [0.15, 0.2) is 0 Å². The fourth-order valence-corrected chi connectivity index (χ4v) is 4.06. The lowest BCUT2D eigenvalue weighted by molar-refractivity contribution is -0.137. The van der Waals surface area contributed by atoms with Gasteiger partial charge in [-0.1, -0.05) is 12.1 Å². The lowest BCUT2D eigenvalue weighted by Gasteiger charge is -2.40. The number of rotatable bonds is 3. The standard InChI is InChI=1S/C20H21F3N4O5/c21-20(22,23)15-3-1-12(2-4-15)13-9-14(17-24-16(18(28)29)25-32-17)11-27(10-13)19(30)26-5-7-31-8-6-26/h1-4,13-14H,5-11H2,(H,28,29). The summed E-state index contributed by atoms with van der Waals surface area (Å²) in [6.07, 6.45) is -4.03. The van der Waals surface area contributed by atoms with Crippen molar-refractivity contribution >= 4 is 12.0 Å². The molecule has 2 atom stereocenters. The molecule has 2 amide bonds. The van der Waals surface area contributed by atoms with E-state index < -0.39 is 29.5 Å². The van der Waals surface area contributed by atoms with Gasteiger partial charge in [0, 0.05) is 32.1 Å². The fraction of sp³-hybridized carbons (Fsp3) is 0.500. The van der Waals surface area contributed by atoms with Gasteiger partial charge in [-0.05, 0) is 29.3 Å². The fourth-order valence-electron chi connectivity index (χ4n) is 4.06. The summed E-state index contributed by atoms with van der Waals surface area (Å²) in [4.78, 5) is 31.4. The number of amides is 2. The molecule has 2 aliphatic heterocycles. The molecule has 4 rings (SSSR count). The number of aromatic carboxylic acids is 1. The molecule has 1 aromatic heterocycles. The van der Waals surface area contributed by atoms with Crippen molar-refractivity contribution in [3.8, 4) is 0 Å². The number of carboxylic acids is 1. The molecular weight excluding hydrogens is 433 g/mol. The molecule has 0 saturated carbocycles. The van der Waals surface area contributed by atoms with E-state index in [1.165, 1.54) is 12.1 Å². The van der Waals surface area contributed by atoms with Crippen molar-refractivity contribution in [1.29, 1.82) is 0 Å². The topological polar surface area (TPSA) is 109 Å². The number of morpholine rings is 1. The molecule has 2 unspecified atom stereocenters. The minimum Gasteiger partial charge on any atom is -0.475 e. The quantitative estimate of drug-likeness (QED) is 0.760. The maximum atomic E-state index is 13.1. The van der Waals surface area contributed by atoms with Crippen LogP contribution in [-0.2, 0) is 10.9 Å². The first-order chi connectivity index (χ1) is 15.2. The highest BCUT2D eigenvalue weighted by atomic mass is 19.4. The number of hydrogen-bond acceptors (Lipinski definition) is 6. The summed E-state index contributed by atoms with van der Waals surface area (Å²) in [7, 11) is 0. The number of carbonyl (C=O) groups is 2. The second-order valence-electron chi connectivity index (χ2n) is 7.80. The number of carbonyl (C=O) groups excluding carboxylic acids is 1. The number of ether oxygens (including phenoxy) is 1. The first-order valence-electron chi connectivity index (χ1n) is 10.1. The van der Waals surface area contributed by atoms with E-state index >= 15 is 0 Å². The number of nitrogens with zero attached hydrogens (tertiary/aromatic N) is 4. The zero-order valence-electron chi connectivity index (χ0n) is 16.9. The van der Waals surface area contributed by atoms with Gasteiger partial charge in [0.1, 0.15) is 0 Å². The number of carboxylic acid groups (broad SMARTS) is 1. The SMILES string of the molecule is O=C(O)c1noc(C2CC(c3ccc(C(F)(F)F)cc3)CN(C(=O)N3CCOCC3)C2)n1. The normalized spacial score (nSPS) is 22.1. The van der Waals surface area contributed by atoms with Crippen molar-refractivity contribution < 1.29 is 37.1 Å². The number of likely N-dealkylation sites (tertiary alicyclic amines) is 1. The Hall–Kier alpha value is -3.15. The van der Waals surface area contributed by atoms with Crippen molar-refractivity contribution in [3.05, 3.63) is 47.1 Å². The lowest BCUT2D eigenvalue weighted by Crippen LogP contribution is -2.52. The Morgan fingerprint density at radius 2 is 1.69 bits per heavy atom. The Morgan fingerprint density at radius 1 is 1.03 bits per heavy atom. The number of aromatic nitrogens is 2. The van der Waals surface area contributed by atoms with E-state index in [4.69, 9.17) is 14.4 Å². The number of alkyl halides is 3. The number of piperidine rings is 1. The molecule has 1 N–H and O–H groups in total. The van der Waals surface area contributed by atoms with Gasteiger partial charge in [-0.3, -0.25) is 0 Å². The van der Waals surface area contributed by atoms with Gasteiger partial charge >= 0.3 is 18.2 Å². The van der Waals surface area contributed by atoms with E-state index in [0.29, 0.717) is 44.8 Å². The number of halogens is 3. The van der Waals surface area contributed by atoms with Crippen LogP contribution in [0.2, 0.25) is 0 Å². The van der Waals surface area contributed by atoms with Gasteiger partial charge < -0.3 is 24.2 Å². The molecule has 2 aromatic rings. The molecule has 0 radical (unpaired) electrons. The molecule has 0 aliphatic carbocycles. The van der Waals surface area contributed by atoms with E-state index in [-0.39, 0.29) is 24.4 Å². The maximum absolute atomic E-state index is 13.1. The van der Waals surface area contributed by atoms with E-state index in [9.17, 15) is 22.8 Å². The van der Waals surface area contributed by atoms with Crippen LogP contribution in [0.4, 0.5) is 18.0 Å². The Morgan fingerprint density at radius 3 is 2.28 bits per heavy atom. The second kappa shape index (κ2) is 8.77. The smallest absolute Gasteiger partial charge is 0.416 e. The Labute approximate surface area is 180 Å². The zero-order chi connectivity index (χ0) is 22.9. The predicted octanol–water partition coefficient (Wildman–Crippen LogP) is 2.81. The van der Waals surface area contributed by atoms with Crippen LogP contribution in [0.5, 0.6) is 0 Å². The molecule has 172 valence electrons. The number of urea groups is 1. The highest BCUT2D eigenvalue weighted by molar-refractivity contribution is 5.82. The summed E-state index contributed by atoms with van der Waals surface area (Å²) in [6, 6.07) is 4.63. The molecule has 2 fully saturated rings. The van der Waals surface area contributed by atoms with Crippen molar-refractivity contribution in [1.82, 2.24) is 19.9 Å². The summed E-state index contributed by atoms with van der Waals surface area (Å²) in [5.74, 6) is -2.49. The molecule has 9 nitrogen and oxygen atoms in total. The van der Waals surface area contributed by atoms with Crippen LogP contribution in [0.1, 0.15) is 45.9 Å². The Kier molecular flexibility index (Phi) is 6.04. The monoisotopic (exact) mass is 454 g/mol. The van der Waals surface area contributed by atoms with E-state index in [1.54, 1.807) is 9.80 Å². The first-order valence-corrected chi connectivity index (χ1v) is 10.1. The van der Waals surface area contributed by atoms with Crippen molar-refractivity contribution in [2.45, 2.75) is 24.4 Å². The van der Waals surface area contributed by atoms with Gasteiger partial charge in [-0.25, -0.2) is 9.59 Å². The molecule has 32 heavy (non-hydrogen) atoms. The van der Waals surface area contributed by atoms with Crippen molar-refractivity contribution in [3.63, 3.8) is 0 Å². The molecule has 1 aromatic carbocycles. The minimum atomic E-state index is -4.44. The van der Waals surface area contributed by atoms with E-state index in [1.807, 2.05) is 0 Å². The van der Waals surface area contributed by atoms with Crippen LogP contribution in [0.15, 0.2) is 28.8 Å². The average Bonchev–Trinajstić information content (AvgIpc) is 3.29. The van der Waals surface area contributed by atoms with Crippen LogP contribution in [0.25, 0.3) is 0 Å². The summed E-state index contributed by atoms with van der Waals surface area (Å²) in [5.41, 5.74) is -0.113. The summed E-state index contributed by atoms with van der Waals surface area (Å²) < 4.78 is 49.2.